The van der Waals surface area contributed by atoms with Gasteiger partial charge in [0.25, 0.3) is 0 Å². The van der Waals surface area contributed by atoms with E-state index in [0.29, 0.717) is 12.4 Å². The van der Waals surface area contributed by atoms with Crippen LogP contribution in [0.15, 0.2) is 18.6 Å². The van der Waals surface area contributed by atoms with Gasteiger partial charge in [0.15, 0.2) is 11.6 Å². The second-order valence-electron chi connectivity index (χ2n) is 3.83. The summed E-state index contributed by atoms with van der Waals surface area (Å²) in [6.07, 6.45) is 5.06. The van der Waals surface area contributed by atoms with Crippen molar-refractivity contribution in [3.8, 4) is 0 Å². The molecule has 0 aliphatic carbocycles. The summed E-state index contributed by atoms with van der Waals surface area (Å²) in [5.41, 5.74) is 0. The van der Waals surface area contributed by atoms with E-state index in [-0.39, 0.29) is 6.61 Å². The highest BCUT2D eigenvalue weighted by Gasteiger charge is 2.21. The van der Waals surface area contributed by atoms with E-state index in [1.165, 1.54) is 0 Å². The molecule has 1 aliphatic rings. The maximum absolute atomic E-state index is 9.11. The molecule has 0 fully saturated rings. The Morgan fingerprint density at radius 1 is 1.24 bits per heavy atom. The fraction of sp³-hybridized carbons (Fsp3) is 0.400. The molecule has 7 heteroatoms. The molecule has 2 aromatic rings. The van der Waals surface area contributed by atoms with Crippen LogP contribution in [0.1, 0.15) is 11.6 Å². The summed E-state index contributed by atoms with van der Waals surface area (Å²) in [4.78, 5) is 10.4. The second-order valence-corrected chi connectivity index (χ2v) is 3.83. The third-order valence-corrected chi connectivity index (χ3v) is 2.84. The van der Waals surface area contributed by atoms with Crippen molar-refractivity contribution in [1.82, 2.24) is 24.7 Å². The van der Waals surface area contributed by atoms with E-state index >= 15 is 0 Å². The van der Waals surface area contributed by atoms with E-state index in [4.69, 9.17) is 5.11 Å². The van der Waals surface area contributed by atoms with E-state index in [2.05, 4.69) is 25.1 Å². The monoisotopic (exact) mass is 232 g/mol. The lowest BCUT2D eigenvalue weighted by atomic mass is 10.3. The molecule has 0 bridgehead atoms. The van der Waals surface area contributed by atoms with Gasteiger partial charge in [-0.1, -0.05) is 0 Å². The zero-order valence-corrected chi connectivity index (χ0v) is 9.19. The summed E-state index contributed by atoms with van der Waals surface area (Å²) in [7, 11) is 0. The van der Waals surface area contributed by atoms with Crippen LogP contribution in [0.5, 0.6) is 0 Å². The number of aliphatic hydroxyl groups excluding tert-OH is 1. The average molecular weight is 232 g/mol. The largest absolute Gasteiger partial charge is 0.388 e. The molecule has 0 aromatic carbocycles. The highest BCUT2D eigenvalue weighted by atomic mass is 16.3. The van der Waals surface area contributed by atoms with E-state index in [1.807, 2.05) is 4.57 Å². The minimum atomic E-state index is -0.0713. The molecule has 2 aromatic heterocycles. The zero-order chi connectivity index (χ0) is 11.7. The summed E-state index contributed by atoms with van der Waals surface area (Å²) < 4.78 is 1.95. The Labute approximate surface area is 97.8 Å². The van der Waals surface area contributed by atoms with Gasteiger partial charge in [0.1, 0.15) is 12.4 Å². The molecule has 1 aliphatic heterocycles. The SMILES string of the molecule is OCc1nnc2n1CCN(c1cnccn1)C2. The minimum Gasteiger partial charge on any atom is -0.388 e. The van der Waals surface area contributed by atoms with Gasteiger partial charge in [-0.05, 0) is 0 Å². The number of fused-ring (bicyclic) bond motifs is 1. The lowest BCUT2D eigenvalue weighted by Crippen LogP contribution is -2.35. The van der Waals surface area contributed by atoms with Crippen molar-refractivity contribution < 1.29 is 5.11 Å². The van der Waals surface area contributed by atoms with Crippen LogP contribution in [0.2, 0.25) is 0 Å². The molecule has 3 rings (SSSR count). The summed E-state index contributed by atoms with van der Waals surface area (Å²) in [6, 6.07) is 0. The summed E-state index contributed by atoms with van der Waals surface area (Å²) in [6.45, 7) is 2.15. The van der Waals surface area contributed by atoms with Gasteiger partial charge >= 0.3 is 0 Å². The highest BCUT2D eigenvalue weighted by Crippen LogP contribution is 2.17. The Hall–Kier alpha value is -2.02. The van der Waals surface area contributed by atoms with Gasteiger partial charge in [0, 0.05) is 25.5 Å². The van der Waals surface area contributed by atoms with Crippen molar-refractivity contribution in [2.45, 2.75) is 19.7 Å². The topological polar surface area (TPSA) is 80.0 Å². The molecule has 3 heterocycles. The molecule has 17 heavy (non-hydrogen) atoms. The van der Waals surface area contributed by atoms with Crippen LogP contribution in [0.4, 0.5) is 5.82 Å². The lowest BCUT2D eigenvalue weighted by molar-refractivity contribution is 0.263. The molecule has 0 saturated carbocycles. The van der Waals surface area contributed by atoms with Crippen molar-refractivity contribution in [1.29, 1.82) is 0 Å². The molecule has 1 N–H and O–H groups in total. The Bertz CT molecular complexity index is 511. The van der Waals surface area contributed by atoms with Gasteiger partial charge in [-0.15, -0.1) is 10.2 Å². The van der Waals surface area contributed by atoms with Crippen molar-refractivity contribution in [2.75, 3.05) is 11.4 Å². The van der Waals surface area contributed by atoms with E-state index in [9.17, 15) is 0 Å². The third kappa shape index (κ3) is 1.74. The van der Waals surface area contributed by atoms with Gasteiger partial charge in [-0.25, -0.2) is 4.98 Å². The predicted octanol–water partition coefficient (Wildman–Crippen LogP) is -0.419. The Morgan fingerprint density at radius 2 is 2.18 bits per heavy atom. The van der Waals surface area contributed by atoms with Crippen molar-refractivity contribution in [3.63, 3.8) is 0 Å². The predicted molar refractivity (Wildman–Crippen MR) is 59.0 cm³/mol. The van der Waals surface area contributed by atoms with Crippen molar-refractivity contribution >= 4 is 5.82 Å². The molecule has 0 saturated heterocycles. The van der Waals surface area contributed by atoms with Gasteiger partial charge in [-0.3, -0.25) is 4.98 Å². The number of hydrogen-bond donors (Lipinski definition) is 1. The fourth-order valence-electron chi connectivity index (χ4n) is 1.98. The molecular weight excluding hydrogens is 220 g/mol. The first-order chi connectivity index (χ1) is 8.38. The number of aliphatic hydroxyl groups is 1. The van der Waals surface area contributed by atoms with Gasteiger partial charge in [0.2, 0.25) is 0 Å². The fourth-order valence-corrected chi connectivity index (χ4v) is 1.98. The summed E-state index contributed by atoms with van der Waals surface area (Å²) in [5, 5.41) is 17.1. The summed E-state index contributed by atoms with van der Waals surface area (Å²) >= 11 is 0. The zero-order valence-electron chi connectivity index (χ0n) is 9.19. The molecule has 0 amide bonds. The first kappa shape index (κ1) is 10.2. The number of rotatable bonds is 2. The van der Waals surface area contributed by atoms with Crippen LogP contribution in [0.25, 0.3) is 0 Å². The minimum absolute atomic E-state index is 0.0713. The average Bonchev–Trinajstić information content (AvgIpc) is 2.81. The molecule has 0 radical (unpaired) electrons. The standard InChI is InChI=1S/C10H12N6O/c17-7-10-14-13-9-6-15(3-4-16(9)10)8-5-11-1-2-12-8/h1-2,5,17H,3-4,6-7H2. The Balaban J connectivity index is 1.86. The summed E-state index contributed by atoms with van der Waals surface area (Å²) in [5.74, 6) is 2.32. The first-order valence-electron chi connectivity index (χ1n) is 5.41. The van der Waals surface area contributed by atoms with Crippen LogP contribution in [0.3, 0.4) is 0 Å². The normalized spacial score (nSPS) is 14.8. The lowest BCUT2D eigenvalue weighted by Gasteiger charge is -2.28. The van der Waals surface area contributed by atoms with Gasteiger partial charge in [0.05, 0.1) is 12.7 Å². The van der Waals surface area contributed by atoms with Crippen LogP contribution < -0.4 is 4.90 Å². The number of anilines is 1. The van der Waals surface area contributed by atoms with E-state index in [0.717, 1.165) is 24.7 Å². The van der Waals surface area contributed by atoms with Crippen molar-refractivity contribution in [3.05, 3.63) is 30.2 Å². The van der Waals surface area contributed by atoms with Gasteiger partial charge in [-0.2, -0.15) is 0 Å². The number of hydrogen-bond acceptors (Lipinski definition) is 6. The number of nitrogens with zero attached hydrogens (tertiary/aromatic N) is 6. The first-order valence-corrected chi connectivity index (χ1v) is 5.41. The molecule has 88 valence electrons. The van der Waals surface area contributed by atoms with E-state index in [1.54, 1.807) is 18.6 Å². The number of aromatic nitrogens is 5. The van der Waals surface area contributed by atoms with Gasteiger partial charge < -0.3 is 14.6 Å². The van der Waals surface area contributed by atoms with Crippen LogP contribution in [-0.4, -0.2) is 36.4 Å². The molecule has 0 unspecified atom stereocenters. The molecule has 0 atom stereocenters. The molecular formula is C10H12N6O. The molecule has 7 nitrogen and oxygen atoms in total. The highest BCUT2D eigenvalue weighted by molar-refractivity contribution is 5.36. The molecule has 0 spiro atoms. The maximum Gasteiger partial charge on any atom is 0.158 e. The quantitative estimate of drug-likeness (QED) is 0.757. The maximum atomic E-state index is 9.11. The van der Waals surface area contributed by atoms with Crippen LogP contribution in [-0.2, 0) is 19.7 Å². The van der Waals surface area contributed by atoms with E-state index < -0.39 is 0 Å². The van der Waals surface area contributed by atoms with Crippen LogP contribution in [0, 0.1) is 0 Å². The second kappa shape index (κ2) is 4.10. The smallest absolute Gasteiger partial charge is 0.158 e. The Kier molecular flexibility index (Phi) is 2.45. The van der Waals surface area contributed by atoms with Crippen LogP contribution >= 0.6 is 0 Å². The van der Waals surface area contributed by atoms with Crippen molar-refractivity contribution in [2.24, 2.45) is 0 Å². The third-order valence-electron chi connectivity index (χ3n) is 2.84. The Morgan fingerprint density at radius 3 is 2.94 bits per heavy atom.